The second-order valence-corrected chi connectivity index (χ2v) is 6.33. The molecule has 106 valence electrons. The largest absolute Gasteiger partial charge is 0.389 e. The van der Waals surface area contributed by atoms with Gasteiger partial charge in [0.05, 0.1) is 0 Å². The first kappa shape index (κ1) is 13.5. The Kier molecular flexibility index (Phi) is 3.70. The number of thiocarbonyl (C=S) groups is 1. The summed E-state index contributed by atoms with van der Waals surface area (Å²) in [6.45, 7) is 1.77. The van der Waals surface area contributed by atoms with Gasteiger partial charge >= 0.3 is 0 Å². The third-order valence-electron chi connectivity index (χ3n) is 3.91. The minimum Gasteiger partial charge on any atom is -0.389 e. The van der Waals surface area contributed by atoms with Crippen molar-refractivity contribution in [3.63, 3.8) is 0 Å². The van der Waals surface area contributed by atoms with E-state index >= 15 is 0 Å². The van der Waals surface area contributed by atoms with Gasteiger partial charge < -0.3 is 10.6 Å². The van der Waals surface area contributed by atoms with Gasteiger partial charge in [0.1, 0.15) is 10.7 Å². The van der Waals surface area contributed by atoms with E-state index in [0.717, 1.165) is 13.1 Å². The summed E-state index contributed by atoms with van der Waals surface area (Å²) in [7, 11) is 0. The zero-order valence-electron chi connectivity index (χ0n) is 11.4. The van der Waals surface area contributed by atoms with Gasteiger partial charge in [0, 0.05) is 24.8 Å². The number of hydrogen-bond acceptors (Lipinski definition) is 3. The highest BCUT2D eigenvalue weighted by molar-refractivity contribution is 7.80. The van der Waals surface area contributed by atoms with Crippen molar-refractivity contribution in [2.24, 2.45) is 17.6 Å². The van der Waals surface area contributed by atoms with E-state index in [0.29, 0.717) is 28.1 Å². The molecule has 0 unspecified atom stereocenters. The van der Waals surface area contributed by atoms with E-state index in [4.69, 9.17) is 18.0 Å². The number of pyridine rings is 1. The van der Waals surface area contributed by atoms with E-state index in [1.807, 2.05) is 4.90 Å². The van der Waals surface area contributed by atoms with Gasteiger partial charge in [-0.1, -0.05) is 12.2 Å². The smallest absolute Gasteiger partial charge is 0.272 e. The number of carbonyl (C=O) groups is 1. The third kappa shape index (κ3) is 3.33. The van der Waals surface area contributed by atoms with Crippen LogP contribution in [-0.2, 0) is 0 Å². The summed E-state index contributed by atoms with van der Waals surface area (Å²) < 4.78 is 0. The van der Waals surface area contributed by atoms with Crippen LogP contribution in [0.2, 0.25) is 0 Å². The van der Waals surface area contributed by atoms with Crippen molar-refractivity contribution >= 4 is 23.1 Å². The van der Waals surface area contributed by atoms with Gasteiger partial charge in [-0.25, -0.2) is 0 Å². The van der Waals surface area contributed by atoms with Crippen molar-refractivity contribution in [1.82, 2.24) is 9.88 Å². The Morgan fingerprint density at radius 3 is 2.25 bits per heavy atom. The van der Waals surface area contributed by atoms with Crippen molar-refractivity contribution in [2.45, 2.75) is 25.7 Å². The maximum atomic E-state index is 12.6. The van der Waals surface area contributed by atoms with Crippen molar-refractivity contribution in [3.05, 3.63) is 29.6 Å². The molecule has 0 radical (unpaired) electrons. The fraction of sp³-hybridized carbons (Fsp3) is 0.533. The minimum absolute atomic E-state index is 0.0401. The molecule has 2 N–H and O–H groups in total. The zero-order chi connectivity index (χ0) is 14.1. The maximum absolute atomic E-state index is 12.6. The molecular weight excluding hydrogens is 270 g/mol. The third-order valence-corrected chi connectivity index (χ3v) is 4.14. The summed E-state index contributed by atoms with van der Waals surface area (Å²) in [5.41, 5.74) is 6.74. The van der Waals surface area contributed by atoms with Gasteiger partial charge in [-0.2, -0.15) is 0 Å². The van der Waals surface area contributed by atoms with Gasteiger partial charge in [-0.3, -0.25) is 9.78 Å². The fourth-order valence-corrected chi connectivity index (χ4v) is 2.41. The van der Waals surface area contributed by atoms with E-state index in [1.165, 1.54) is 25.7 Å². The Morgan fingerprint density at radius 2 is 1.85 bits per heavy atom. The molecule has 2 fully saturated rings. The number of amides is 1. The number of nitrogens with two attached hydrogens (primary N) is 1. The lowest BCUT2D eigenvalue weighted by molar-refractivity contribution is 0.0733. The van der Waals surface area contributed by atoms with Crippen LogP contribution < -0.4 is 5.73 Å². The summed E-state index contributed by atoms with van der Waals surface area (Å²) in [4.78, 5) is 19.1. The molecule has 2 aliphatic rings. The van der Waals surface area contributed by atoms with Crippen LogP contribution in [0.3, 0.4) is 0 Å². The van der Waals surface area contributed by atoms with Crippen molar-refractivity contribution in [1.29, 1.82) is 0 Å². The zero-order valence-corrected chi connectivity index (χ0v) is 12.2. The second kappa shape index (κ2) is 5.48. The Morgan fingerprint density at radius 1 is 1.25 bits per heavy atom. The highest BCUT2D eigenvalue weighted by Gasteiger charge is 2.32. The molecule has 0 atom stereocenters. The van der Waals surface area contributed by atoms with Crippen LogP contribution in [0.1, 0.15) is 41.7 Å². The summed E-state index contributed by atoms with van der Waals surface area (Å²) in [6.07, 6.45) is 6.59. The monoisotopic (exact) mass is 289 g/mol. The van der Waals surface area contributed by atoms with Crippen molar-refractivity contribution in [2.75, 3.05) is 13.1 Å². The van der Waals surface area contributed by atoms with Crippen molar-refractivity contribution in [3.8, 4) is 0 Å². The quantitative estimate of drug-likeness (QED) is 0.814. The highest BCUT2D eigenvalue weighted by atomic mass is 32.1. The topological polar surface area (TPSA) is 59.2 Å². The molecule has 3 rings (SSSR count). The summed E-state index contributed by atoms with van der Waals surface area (Å²) in [5.74, 6) is 1.44. The first-order chi connectivity index (χ1) is 9.63. The summed E-state index contributed by atoms with van der Waals surface area (Å²) >= 11 is 4.90. The Labute approximate surface area is 124 Å². The second-order valence-electron chi connectivity index (χ2n) is 5.89. The van der Waals surface area contributed by atoms with Gasteiger partial charge in [0.2, 0.25) is 0 Å². The minimum atomic E-state index is 0.0401. The normalized spacial score (nSPS) is 17.8. The number of carbonyl (C=O) groups excluding carboxylic acids is 1. The first-order valence-electron chi connectivity index (χ1n) is 7.18. The Balaban J connectivity index is 1.71. The van der Waals surface area contributed by atoms with Gasteiger partial charge in [0.25, 0.3) is 5.91 Å². The predicted octanol–water partition coefficient (Wildman–Crippen LogP) is 1.98. The molecule has 0 bridgehead atoms. The molecule has 0 saturated heterocycles. The van der Waals surface area contributed by atoms with Gasteiger partial charge in [-0.15, -0.1) is 0 Å². The van der Waals surface area contributed by atoms with Crippen LogP contribution in [0.25, 0.3) is 0 Å². The molecule has 1 amide bonds. The molecule has 4 nitrogen and oxygen atoms in total. The van der Waals surface area contributed by atoms with E-state index in [2.05, 4.69) is 4.98 Å². The lowest BCUT2D eigenvalue weighted by Gasteiger charge is -2.22. The fourth-order valence-electron chi connectivity index (χ4n) is 2.29. The molecule has 0 aliphatic heterocycles. The molecule has 1 heterocycles. The molecule has 2 saturated carbocycles. The van der Waals surface area contributed by atoms with E-state index < -0.39 is 0 Å². The van der Waals surface area contributed by atoms with E-state index in [9.17, 15) is 4.79 Å². The molecule has 20 heavy (non-hydrogen) atoms. The standard InChI is InChI=1S/C15H19N3OS/c16-14(20)12-5-6-13(17-7-12)15(19)18(8-10-1-2-10)9-11-3-4-11/h5-7,10-11H,1-4,8-9H2,(H2,16,20). The maximum Gasteiger partial charge on any atom is 0.272 e. The molecule has 0 aromatic carbocycles. The van der Waals surface area contributed by atoms with Crippen LogP contribution in [-0.4, -0.2) is 33.9 Å². The number of rotatable bonds is 6. The Bertz CT molecular complexity index is 506. The summed E-state index contributed by atoms with van der Waals surface area (Å²) in [5, 5.41) is 0. The van der Waals surface area contributed by atoms with Gasteiger partial charge in [0.15, 0.2) is 0 Å². The van der Waals surface area contributed by atoms with Crippen molar-refractivity contribution < 1.29 is 4.79 Å². The average Bonchev–Trinajstić information content (AvgIpc) is 3.32. The lowest BCUT2D eigenvalue weighted by atomic mass is 10.2. The highest BCUT2D eigenvalue weighted by Crippen LogP contribution is 2.34. The van der Waals surface area contributed by atoms with Crippen LogP contribution in [0, 0.1) is 11.8 Å². The molecule has 5 heteroatoms. The molecule has 1 aromatic rings. The van der Waals surface area contributed by atoms with Gasteiger partial charge in [-0.05, 0) is 49.7 Å². The number of hydrogen-bond donors (Lipinski definition) is 1. The number of nitrogens with zero attached hydrogens (tertiary/aromatic N) is 2. The van der Waals surface area contributed by atoms with Crippen LogP contribution in [0.15, 0.2) is 18.3 Å². The SMILES string of the molecule is NC(=S)c1ccc(C(=O)N(CC2CC2)CC2CC2)nc1. The number of aromatic nitrogens is 1. The molecular formula is C15H19N3OS. The van der Waals surface area contributed by atoms with Crippen LogP contribution in [0.5, 0.6) is 0 Å². The van der Waals surface area contributed by atoms with Crippen LogP contribution in [0.4, 0.5) is 0 Å². The lowest BCUT2D eigenvalue weighted by Crippen LogP contribution is -2.35. The molecule has 1 aromatic heterocycles. The predicted molar refractivity (Wildman–Crippen MR) is 81.5 cm³/mol. The molecule has 0 spiro atoms. The Hall–Kier alpha value is -1.49. The first-order valence-corrected chi connectivity index (χ1v) is 7.59. The molecule has 2 aliphatic carbocycles. The average molecular weight is 289 g/mol. The van der Waals surface area contributed by atoms with Crippen LogP contribution >= 0.6 is 12.2 Å². The van der Waals surface area contributed by atoms with E-state index in [1.54, 1.807) is 18.3 Å². The summed E-state index contributed by atoms with van der Waals surface area (Å²) in [6, 6.07) is 3.50. The van der Waals surface area contributed by atoms with E-state index in [-0.39, 0.29) is 5.91 Å².